The number of benzene rings is 1. The van der Waals surface area contributed by atoms with Crippen molar-refractivity contribution < 1.29 is 9.32 Å². The summed E-state index contributed by atoms with van der Waals surface area (Å²) in [5, 5.41) is 3.98. The van der Waals surface area contributed by atoms with Crippen LogP contribution >= 0.6 is 0 Å². The molecule has 134 valence electrons. The van der Waals surface area contributed by atoms with Crippen LogP contribution in [0.15, 0.2) is 47.2 Å². The van der Waals surface area contributed by atoms with Crippen LogP contribution in [0, 0.1) is 13.8 Å². The third-order valence-corrected chi connectivity index (χ3v) is 5.05. The lowest BCUT2D eigenvalue weighted by Crippen LogP contribution is -2.37. The molecule has 1 unspecified atom stereocenters. The summed E-state index contributed by atoms with van der Waals surface area (Å²) in [6, 6.07) is 9.94. The monoisotopic (exact) mass is 350 g/mol. The quantitative estimate of drug-likeness (QED) is 0.728. The number of carbonyl (C=O) groups excluding carboxylic acids is 1. The fourth-order valence-electron chi connectivity index (χ4n) is 3.68. The SMILES string of the molecule is Cc1noc(C)c1CC(=O)N1CCCn2ccnc2C1c1ccccc1. The van der Waals surface area contributed by atoms with Crippen molar-refractivity contribution in [2.75, 3.05) is 6.54 Å². The van der Waals surface area contributed by atoms with Crippen LogP contribution in [0.3, 0.4) is 0 Å². The fraction of sp³-hybridized carbons (Fsp3) is 0.350. The maximum atomic E-state index is 13.3. The highest BCUT2D eigenvalue weighted by molar-refractivity contribution is 5.80. The minimum atomic E-state index is -0.179. The zero-order chi connectivity index (χ0) is 18.1. The van der Waals surface area contributed by atoms with Gasteiger partial charge in [0.2, 0.25) is 5.91 Å². The van der Waals surface area contributed by atoms with Gasteiger partial charge in [-0.2, -0.15) is 0 Å². The number of imidazole rings is 1. The summed E-state index contributed by atoms with van der Waals surface area (Å²) in [4.78, 5) is 19.8. The van der Waals surface area contributed by atoms with E-state index in [1.807, 2.05) is 49.3 Å². The van der Waals surface area contributed by atoms with Gasteiger partial charge in [-0.1, -0.05) is 35.5 Å². The molecule has 1 atom stereocenters. The van der Waals surface area contributed by atoms with E-state index in [1.54, 1.807) is 0 Å². The van der Waals surface area contributed by atoms with Crippen LogP contribution in [0.1, 0.15) is 40.9 Å². The Morgan fingerprint density at radius 2 is 2.04 bits per heavy atom. The Hall–Kier alpha value is -2.89. The topological polar surface area (TPSA) is 64.2 Å². The normalized spacial score (nSPS) is 17.0. The number of fused-ring (bicyclic) bond motifs is 1. The van der Waals surface area contributed by atoms with Gasteiger partial charge in [0.15, 0.2) is 0 Å². The van der Waals surface area contributed by atoms with Gasteiger partial charge in [-0.3, -0.25) is 4.79 Å². The number of nitrogens with zero attached hydrogens (tertiary/aromatic N) is 4. The predicted octanol–water partition coefficient (Wildman–Crippen LogP) is 3.05. The van der Waals surface area contributed by atoms with Crippen LogP contribution in [0.4, 0.5) is 0 Å². The van der Waals surface area contributed by atoms with Crippen molar-refractivity contribution in [2.24, 2.45) is 0 Å². The Labute approximate surface area is 152 Å². The second-order valence-corrected chi connectivity index (χ2v) is 6.71. The van der Waals surface area contributed by atoms with Crippen LogP contribution < -0.4 is 0 Å². The lowest BCUT2D eigenvalue weighted by molar-refractivity contribution is -0.132. The van der Waals surface area contributed by atoms with E-state index in [4.69, 9.17) is 4.52 Å². The molecule has 0 bridgehead atoms. The van der Waals surface area contributed by atoms with Gasteiger partial charge in [0.1, 0.15) is 17.6 Å². The molecule has 0 saturated carbocycles. The fourth-order valence-corrected chi connectivity index (χ4v) is 3.68. The van der Waals surface area contributed by atoms with E-state index in [9.17, 15) is 4.79 Å². The minimum Gasteiger partial charge on any atom is -0.361 e. The molecule has 1 aromatic carbocycles. The van der Waals surface area contributed by atoms with E-state index >= 15 is 0 Å². The first-order valence-corrected chi connectivity index (χ1v) is 8.92. The molecule has 0 fully saturated rings. The number of carbonyl (C=O) groups is 1. The molecule has 1 aliphatic heterocycles. The molecule has 26 heavy (non-hydrogen) atoms. The van der Waals surface area contributed by atoms with Crippen LogP contribution in [0.25, 0.3) is 0 Å². The molecule has 1 aliphatic rings. The lowest BCUT2D eigenvalue weighted by atomic mass is 10.0. The molecule has 6 nitrogen and oxygen atoms in total. The van der Waals surface area contributed by atoms with Gasteiger partial charge < -0.3 is 14.0 Å². The predicted molar refractivity (Wildman–Crippen MR) is 96.5 cm³/mol. The maximum Gasteiger partial charge on any atom is 0.228 e. The molecule has 4 rings (SSSR count). The first kappa shape index (κ1) is 16.6. The summed E-state index contributed by atoms with van der Waals surface area (Å²) < 4.78 is 7.38. The molecule has 6 heteroatoms. The second-order valence-electron chi connectivity index (χ2n) is 6.71. The zero-order valence-electron chi connectivity index (χ0n) is 15.1. The molecule has 1 amide bonds. The van der Waals surface area contributed by atoms with E-state index in [0.717, 1.165) is 35.6 Å². The molecule has 0 saturated heterocycles. The Balaban J connectivity index is 1.72. The Bertz CT molecular complexity index is 894. The van der Waals surface area contributed by atoms with Crippen molar-refractivity contribution in [2.45, 2.75) is 39.3 Å². The smallest absolute Gasteiger partial charge is 0.228 e. The van der Waals surface area contributed by atoms with Gasteiger partial charge in [0.05, 0.1) is 12.1 Å². The third-order valence-electron chi connectivity index (χ3n) is 5.05. The number of hydrogen-bond donors (Lipinski definition) is 0. The maximum absolute atomic E-state index is 13.3. The summed E-state index contributed by atoms with van der Waals surface area (Å²) in [6.45, 7) is 5.30. The molecule has 0 spiro atoms. The van der Waals surface area contributed by atoms with Gasteiger partial charge in [-0.05, 0) is 25.8 Å². The summed E-state index contributed by atoms with van der Waals surface area (Å²) in [6.07, 6.45) is 5.01. The van der Waals surface area contributed by atoms with Crippen molar-refractivity contribution in [1.29, 1.82) is 0 Å². The van der Waals surface area contributed by atoms with Gasteiger partial charge >= 0.3 is 0 Å². The van der Waals surface area contributed by atoms with Gasteiger partial charge in [-0.25, -0.2) is 4.98 Å². The van der Waals surface area contributed by atoms with Crippen LogP contribution in [0.2, 0.25) is 0 Å². The highest BCUT2D eigenvalue weighted by Crippen LogP contribution is 2.31. The Morgan fingerprint density at radius 1 is 1.23 bits per heavy atom. The first-order chi connectivity index (χ1) is 12.6. The summed E-state index contributed by atoms with van der Waals surface area (Å²) >= 11 is 0. The van der Waals surface area contributed by atoms with E-state index in [-0.39, 0.29) is 11.9 Å². The first-order valence-electron chi connectivity index (χ1n) is 8.92. The largest absolute Gasteiger partial charge is 0.361 e. The van der Waals surface area contributed by atoms with Gasteiger partial charge in [0.25, 0.3) is 0 Å². The highest BCUT2D eigenvalue weighted by atomic mass is 16.5. The molecule has 3 heterocycles. The van der Waals surface area contributed by atoms with Crippen molar-refractivity contribution in [3.8, 4) is 0 Å². The van der Waals surface area contributed by atoms with Crippen LogP contribution in [-0.4, -0.2) is 32.1 Å². The molecular weight excluding hydrogens is 328 g/mol. The number of hydrogen-bond acceptors (Lipinski definition) is 4. The lowest BCUT2D eigenvalue weighted by Gasteiger charge is -2.30. The van der Waals surface area contributed by atoms with Crippen molar-refractivity contribution >= 4 is 5.91 Å². The number of aryl methyl sites for hydroxylation is 3. The van der Waals surface area contributed by atoms with Crippen molar-refractivity contribution in [3.63, 3.8) is 0 Å². The standard InChI is InChI=1S/C20H22N4O2/c1-14-17(15(2)26-22-14)13-18(25)24-11-6-10-23-12-9-21-20(23)19(24)16-7-4-3-5-8-16/h3-5,7-9,12,19H,6,10-11,13H2,1-2H3. The Kier molecular flexibility index (Phi) is 4.32. The third kappa shape index (κ3) is 2.92. The van der Waals surface area contributed by atoms with E-state index in [1.165, 1.54) is 0 Å². The highest BCUT2D eigenvalue weighted by Gasteiger charge is 2.32. The van der Waals surface area contributed by atoms with Crippen LogP contribution in [0.5, 0.6) is 0 Å². The average Bonchev–Trinajstić information content (AvgIpc) is 3.18. The number of rotatable bonds is 3. The van der Waals surface area contributed by atoms with E-state index < -0.39 is 0 Å². The van der Waals surface area contributed by atoms with Crippen molar-refractivity contribution in [3.05, 3.63) is 71.1 Å². The van der Waals surface area contributed by atoms with Gasteiger partial charge in [-0.15, -0.1) is 0 Å². The molecule has 3 aromatic rings. The van der Waals surface area contributed by atoms with Crippen LogP contribution in [-0.2, 0) is 17.8 Å². The Morgan fingerprint density at radius 3 is 2.77 bits per heavy atom. The number of aromatic nitrogens is 3. The minimum absolute atomic E-state index is 0.0738. The number of amides is 1. The molecule has 0 radical (unpaired) electrons. The average molecular weight is 350 g/mol. The molecule has 2 aromatic heterocycles. The summed E-state index contributed by atoms with van der Waals surface area (Å²) in [5.74, 6) is 1.70. The molecule has 0 N–H and O–H groups in total. The van der Waals surface area contributed by atoms with Crippen molar-refractivity contribution in [1.82, 2.24) is 19.6 Å². The van der Waals surface area contributed by atoms with Gasteiger partial charge in [0, 0.05) is 31.0 Å². The summed E-state index contributed by atoms with van der Waals surface area (Å²) in [7, 11) is 0. The van der Waals surface area contributed by atoms with E-state index in [0.29, 0.717) is 18.7 Å². The summed E-state index contributed by atoms with van der Waals surface area (Å²) in [5.41, 5.74) is 2.74. The molecule has 0 aliphatic carbocycles. The zero-order valence-corrected chi connectivity index (χ0v) is 15.1. The molecular formula is C20H22N4O2. The van der Waals surface area contributed by atoms with E-state index in [2.05, 4.69) is 26.8 Å². The second kappa shape index (κ2) is 6.78.